The fourth-order valence-electron chi connectivity index (χ4n) is 8.27. The molecule has 2 aliphatic heterocycles. The number of H-pyrrole nitrogens is 2. The van der Waals surface area contributed by atoms with Gasteiger partial charge in [-0.3, -0.25) is 9.97 Å². The third-order valence-electron chi connectivity index (χ3n) is 11.6. The normalized spacial score (nSPS) is 14.2. The zero-order valence-electron chi connectivity index (χ0n) is 35.9. The molecule has 0 saturated carbocycles. The number of nitrogens with zero attached hydrogens (tertiary/aromatic N) is 8. The van der Waals surface area contributed by atoms with Gasteiger partial charge in [-0.1, -0.05) is 36.4 Å². The van der Waals surface area contributed by atoms with Crippen LogP contribution in [0.5, 0.6) is 17.4 Å². The molecular formula is C48H48N12O3S. The van der Waals surface area contributed by atoms with E-state index in [4.69, 9.17) is 34.1 Å². The Morgan fingerprint density at radius 2 is 1.19 bits per heavy atom. The van der Waals surface area contributed by atoms with Crippen molar-refractivity contribution in [3.8, 4) is 39.6 Å². The number of hydrogen-bond acceptors (Lipinski definition) is 14. The van der Waals surface area contributed by atoms with E-state index in [1.165, 1.54) is 0 Å². The summed E-state index contributed by atoms with van der Waals surface area (Å²) in [7, 11) is 3.28. The number of fused-ring (bicyclic) bond motifs is 6. The van der Waals surface area contributed by atoms with E-state index in [-0.39, 0.29) is 0 Å². The molecule has 2 saturated heterocycles. The van der Waals surface area contributed by atoms with Crippen LogP contribution in [0.2, 0.25) is 0 Å². The number of pyridine rings is 2. The molecule has 0 amide bonds. The zero-order valence-corrected chi connectivity index (χ0v) is 36.7. The van der Waals surface area contributed by atoms with Crippen molar-refractivity contribution in [1.29, 1.82) is 0 Å². The lowest BCUT2D eigenvalue weighted by molar-refractivity contribution is 0.296. The van der Waals surface area contributed by atoms with Crippen molar-refractivity contribution >= 4 is 67.5 Å². The summed E-state index contributed by atoms with van der Waals surface area (Å²) in [5, 5.41) is 9.92. The number of ether oxygens (including phenoxy) is 3. The molecule has 0 unspecified atom stereocenters. The summed E-state index contributed by atoms with van der Waals surface area (Å²) in [5.41, 5.74) is 11.1. The smallest absolute Gasteiger partial charge is 0.243 e. The average Bonchev–Trinajstić information content (AvgIpc) is 3.94. The molecule has 2 fully saturated rings. The van der Waals surface area contributed by atoms with Crippen molar-refractivity contribution in [2.45, 2.75) is 11.6 Å². The molecule has 6 aromatic heterocycles. The first-order valence-electron chi connectivity index (χ1n) is 21.3. The molecule has 64 heavy (non-hydrogen) atoms. The second kappa shape index (κ2) is 18.4. The van der Waals surface area contributed by atoms with Gasteiger partial charge in [0, 0.05) is 105 Å². The first-order chi connectivity index (χ1) is 31.6. The Kier molecular flexibility index (Phi) is 11.8. The highest BCUT2D eigenvalue weighted by Gasteiger charge is 2.22. The summed E-state index contributed by atoms with van der Waals surface area (Å²) in [4.78, 5) is 39.4. The number of rotatable bonds is 10. The van der Waals surface area contributed by atoms with E-state index in [9.17, 15) is 0 Å². The van der Waals surface area contributed by atoms with Crippen LogP contribution < -0.4 is 34.6 Å². The number of methoxy groups -OCH3 is 2. The van der Waals surface area contributed by atoms with Gasteiger partial charge >= 0.3 is 0 Å². The zero-order chi connectivity index (χ0) is 43.4. The van der Waals surface area contributed by atoms with Crippen LogP contribution in [-0.4, -0.2) is 113 Å². The maximum Gasteiger partial charge on any atom is 0.243 e. The number of nitrogens with one attached hydrogen (secondary N) is 4. The van der Waals surface area contributed by atoms with Crippen LogP contribution in [0.4, 0.5) is 11.9 Å². The monoisotopic (exact) mass is 872 g/mol. The number of thioether (sulfide) groups is 1. The number of aromatic amines is 2. The maximum atomic E-state index is 6.24. The van der Waals surface area contributed by atoms with Gasteiger partial charge < -0.3 is 44.6 Å². The third-order valence-corrected chi connectivity index (χ3v) is 12.3. The van der Waals surface area contributed by atoms with E-state index < -0.39 is 0 Å². The minimum Gasteiger partial charge on any atom is -0.493 e. The average molecular weight is 873 g/mol. The number of benzene rings is 3. The number of aromatic nitrogens is 8. The molecule has 9 aromatic rings. The Morgan fingerprint density at radius 1 is 0.594 bits per heavy atom. The molecule has 0 aliphatic carbocycles. The quantitative estimate of drug-likeness (QED) is 0.0789. The minimum atomic E-state index is 0.368. The number of anilines is 2. The summed E-state index contributed by atoms with van der Waals surface area (Å²) in [6, 6.07) is 26.7. The predicted octanol–water partition coefficient (Wildman–Crippen LogP) is 7.48. The van der Waals surface area contributed by atoms with E-state index in [2.05, 4.69) is 83.0 Å². The third kappa shape index (κ3) is 8.30. The van der Waals surface area contributed by atoms with Gasteiger partial charge in [0.2, 0.25) is 17.8 Å². The Balaban J connectivity index is 0.000000159. The molecule has 3 aromatic carbocycles. The van der Waals surface area contributed by atoms with Crippen LogP contribution in [0.15, 0.2) is 109 Å². The Hall–Kier alpha value is -7.01. The summed E-state index contributed by atoms with van der Waals surface area (Å²) in [6.45, 7) is 7.68. The van der Waals surface area contributed by atoms with Crippen molar-refractivity contribution in [3.63, 3.8) is 0 Å². The molecule has 0 spiro atoms. The van der Waals surface area contributed by atoms with Crippen molar-refractivity contribution < 1.29 is 14.2 Å². The van der Waals surface area contributed by atoms with Gasteiger partial charge in [0.1, 0.15) is 28.2 Å². The van der Waals surface area contributed by atoms with E-state index in [1.807, 2.05) is 54.9 Å². The van der Waals surface area contributed by atoms with E-state index >= 15 is 0 Å². The summed E-state index contributed by atoms with van der Waals surface area (Å²) in [5.74, 6) is 3.43. The van der Waals surface area contributed by atoms with Crippen LogP contribution in [0, 0.1) is 0 Å². The fourth-order valence-corrected chi connectivity index (χ4v) is 8.79. The standard InChI is InChI=1S/C28H28N6O3.C20H20N6S/c1-35-23-8-6-20(15-24(23)36-2)19-5-7-21-22(14-19)31-26-25(21)32-28(34-12-10-29-11-13-34)33-27(26)37-17-18-4-3-9-30-16-18;1-27-19-18-17(24-20(25-19)26-10-8-22-9-11-26)15-3-2-14(12-16(15)23-18)13-4-6-21-7-5-13/h3-9,14-16,29,31H,10-13,17H2,1-2H3;2-7,12,22-23H,8-11H2,1H3. The molecule has 15 nitrogen and oxygen atoms in total. The topological polar surface area (TPSA) is 167 Å². The molecule has 0 atom stereocenters. The molecule has 0 bridgehead atoms. The Labute approximate surface area is 374 Å². The summed E-state index contributed by atoms with van der Waals surface area (Å²) in [6.07, 6.45) is 9.26. The minimum absolute atomic E-state index is 0.368. The van der Waals surface area contributed by atoms with Crippen molar-refractivity contribution in [2.75, 3.05) is 82.6 Å². The highest BCUT2D eigenvalue weighted by molar-refractivity contribution is 7.98. The molecule has 11 rings (SSSR count). The van der Waals surface area contributed by atoms with Gasteiger partial charge in [-0.15, -0.1) is 11.8 Å². The van der Waals surface area contributed by atoms with Crippen molar-refractivity contribution in [3.05, 3.63) is 109 Å². The molecule has 0 radical (unpaired) electrons. The van der Waals surface area contributed by atoms with Gasteiger partial charge in [-0.05, 0) is 71.0 Å². The highest BCUT2D eigenvalue weighted by atomic mass is 32.2. The molecule has 4 N–H and O–H groups in total. The van der Waals surface area contributed by atoms with Crippen LogP contribution in [0.3, 0.4) is 0 Å². The lowest BCUT2D eigenvalue weighted by Gasteiger charge is -2.27. The van der Waals surface area contributed by atoms with Gasteiger partial charge in [0.15, 0.2) is 11.5 Å². The van der Waals surface area contributed by atoms with Gasteiger partial charge in [-0.2, -0.15) is 4.98 Å². The lowest BCUT2D eigenvalue weighted by atomic mass is 10.0. The first kappa shape index (κ1) is 41.0. The summed E-state index contributed by atoms with van der Waals surface area (Å²) < 4.78 is 17.1. The largest absolute Gasteiger partial charge is 0.493 e. The van der Waals surface area contributed by atoms with Crippen molar-refractivity contribution in [2.24, 2.45) is 0 Å². The van der Waals surface area contributed by atoms with E-state index in [0.29, 0.717) is 29.9 Å². The maximum absolute atomic E-state index is 6.24. The van der Waals surface area contributed by atoms with E-state index in [1.54, 1.807) is 38.4 Å². The SMILES string of the molecule is COc1ccc(-c2ccc3c(c2)[nH]c2c(OCc4cccnc4)nc(N4CCNCC4)nc23)cc1OC.CSc1nc(N2CCNCC2)nc2c1[nH]c1cc(-c3ccncc3)ccc12. The number of hydrogen-bond donors (Lipinski definition) is 4. The fraction of sp³-hybridized carbons (Fsp3) is 0.250. The highest BCUT2D eigenvalue weighted by Crippen LogP contribution is 2.37. The van der Waals surface area contributed by atoms with Crippen LogP contribution in [-0.2, 0) is 6.61 Å². The van der Waals surface area contributed by atoms with Gasteiger partial charge in [0.05, 0.1) is 19.7 Å². The van der Waals surface area contributed by atoms with Crippen molar-refractivity contribution in [1.82, 2.24) is 50.5 Å². The van der Waals surface area contributed by atoms with Gasteiger partial charge in [-0.25, -0.2) is 15.0 Å². The Morgan fingerprint density at radius 3 is 1.81 bits per heavy atom. The predicted molar refractivity (Wildman–Crippen MR) is 255 cm³/mol. The second-order valence-electron chi connectivity index (χ2n) is 15.5. The van der Waals surface area contributed by atoms with Crippen LogP contribution in [0.25, 0.3) is 66.1 Å². The van der Waals surface area contributed by atoms with Gasteiger partial charge in [0.25, 0.3) is 0 Å². The molecule has 324 valence electrons. The molecule has 8 heterocycles. The second-order valence-corrected chi connectivity index (χ2v) is 16.3. The summed E-state index contributed by atoms with van der Waals surface area (Å²) >= 11 is 1.66. The molecule has 16 heteroatoms. The molecule has 2 aliphatic rings. The number of piperazine rings is 2. The molecular weight excluding hydrogens is 825 g/mol. The lowest BCUT2D eigenvalue weighted by Crippen LogP contribution is -2.44. The first-order valence-corrected chi connectivity index (χ1v) is 22.6. The van der Waals surface area contributed by atoms with E-state index in [0.717, 1.165) is 135 Å². The van der Waals surface area contributed by atoms with Crippen LogP contribution >= 0.6 is 11.8 Å². The van der Waals surface area contributed by atoms with Crippen LogP contribution in [0.1, 0.15) is 5.56 Å². The Bertz CT molecular complexity index is 3060.